The highest BCUT2D eigenvalue weighted by molar-refractivity contribution is 5.99. The third-order valence-electron chi connectivity index (χ3n) is 5.34. The minimum Gasteiger partial charge on any atom is -0.383 e. The van der Waals surface area contributed by atoms with Crippen LogP contribution < -0.4 is 22.1 Å². The standard InChI is InChI=1S/C23H32FN7O2/c1-13(2)9-19(14(3)25)29-23-18(24)11-17(21(26)32)22(30-23)28-16-5-6-20-15(10-16)12-27-31(20)7-8-33-4/h5-6,10-14,19H,7-9,25H2,1-4H3,(H2,26,32)(H2,28,29,30)/t14-,19+/m0/s1. The van der Waals surface area contributed by atoms with Gasteiger partial charge in [-0.05, 0) is 43.5 Å². The minimum absolute atomic E-state index is 0.0129. The fourth-order valence-electron chi connectivity index (χ4n) is 3.62. The number of primary amides is 1. The highest BCUT2D eigenvalue weighted by atomic mass is 19.1. The normalized spacial score (nSPS) is 13.3. The molecule has 0 spiro atoms. The first-order valence-electron chi connectivity index (χ1n) is 10.9. The summed E-state index contributed by atoms with van der Waals surface area (Å²) in [6.45, 7) is 7.17. The maximum atomic E-state index is 14.8. The molecule has 3 aromatic rings. The summed E-state index contributed by atoms with van der Waals surface area (Å²) in [5, 5.41) is 11.5. The van der Waals surface area contributed by atoms with Gasteiger partial charge < -0.3 is 26.8 Å². The molecule has 0 saturated carbocycles. The summed E-state index contributed by atoms with van der Waals surface area (Å²) in [5.41, 5.74) is 13.1. The Bertz CT molecular complexity index is 1110. The number of nitrogens with two attached hydrogens (primary N) is 2. The summed E-state index contributed by atoms with van der Waals surface area (Å²) in [4.78, 5) is 16.3. The molecule has 0 saturated heterocycles. The van der Waals surface area contributed by atoms with E-state index in [9.17, 15) is 9.18 Å². The summed E-state index contributed by atoms with van der Waals surface area (Å²) in [7, 11) is 1.64. The Labute approximate surface area is 192 Å². The molecule has 1 amide bonds. The van der Waals surface area contributed by atoms with E-state index in [1.807, 2.05) is 29.8 Å². The third-order valence-corrected chi connectivity index (χ3v) is 5.34. The Morgan fingerprint density at radius 3 is 2.64 bits per heavy atom. The largest absolute Gasteiger partial charge is 0.383 e. The number of halogens is 1. The van der Waals surface area contributed by atoms with Gasteiger partial charge in [-0.2, -0.15) is 5.10 Å². The Morgan fingerprint density at radius 2 is 2.00 bits per heavy atom. The van der Waals surface area contributed by atoms with Crippen molar-refractivity contribution in [2.45, 2.75) is 45.8 Å². The molecule has 1 aromatic carbocycles. The number of hydrogen-bond acceptors (Lipinski definition) is 7. The molecule has 0 aliphatic heterocycles. The molecular weight excluding hydrogens is 425 g/mol. The van der Waals surface area contributed by atoms with E-state index in [1.165, 1.54) is 0 Å². The van der Waals surface area contributed by atoms with Gasteiger partial charge in [-0.3, -0.25) is 9.48 Å². The van der Waals surface area contributed by atoms with Crippen LogP contribution in [0.4, 0.5) is 21.7 Å². The lowest BCUT2D eigenvalue weighted by Gasteiger charge is -2.25. The number of benzene rings is 1. The molecule has 178 valence electrons. The second kappa shape index (κ2) is 10.6. The van der Waals surface area contributed by atoms with Crippen LogP contribution in [0.5, 0.6) is 0 Å². The number of ether oxygens (including phenoxy) is 1. The number of methoxy groups -OCH3 is 1. The number of carbonyl (C=O) groups excluding carboxylic acids is 1. The first-order chi connectivity index (χ1) is 15.7. The first kappa shape index (κ1) is 24.4. The van der Waals surface area contributed by atoms with Gasteiger partial charge in [0.25, 0.3) is 5.91 Å². The number of nitrogens with one attached hydrogen (secondary N) is 2. The van der Waals surface area contributed by atoms with Crippen molar-refractivity contribution in [2.24, 2.45) is 17.4 Å². The van der Waals surface area contributed by atoms with Gasteiger partial charge in [0.2, 0.25) is 0 Å². The van der Waals surface area contributed by atoms with Gasteiger partial charge in [-0.25, -0.2) is 9.37 Å². The molecule has 0 bridgehead atoms. The number of carbonyl (C=O) groups is 1. The molecule has 0 fully saturated rings. The Morgan fingerprint density at radius 1 is 1.24 bits per heavy atom. The van der Waals surface area contributed by atoms with Crippen molar-refractivity contribution in [3.63, 3.8) is 0 Å². The van der Waals surface area contributed by atoms with E-state index in [4.69, 9.17) is 16.2 Å². The zero-order valence-electron chi connectivity index (χ0n) is 19.4. The number of amides is 1. The zero-order chi connectivity index (χ0) is 24.1. The molecule has 0 radical (unpaired) electrons. The minimum atomic E-state index is -0.783. The molecule has 33 heavy (non-hydrogen) atoms. The first-order valence-corrected chi connectivity index (χ1v) is 10.9. The molecule has 6 N–H and O–H groups in total. The van der Waals surface area contributed by atoms with Crippen LogP contribution in [0.25, 0.3) is 10.9 Å². The van der Waals surface area contributed by atoms with E-state index in [1.54, 1.807) is 13.3 Å². The Balaban J connectivity index is 1.92. The Hall–Kier alpha value is -3.24. The van der Waals surface area contributed by atoms with E-state index in [-0.39, 0.29) is 29.3 Å². The maximum Gasteiger partial charge on any atom is 0.252 e. The fraction of sp³-hybridized carbons (Fsp3) is 0.435. The summed E-state index contributed by atoms with van der Waals surface area (Å²) in [5.74, 6) is -0.923. The fourth-order valence-corrected chi connectivity index (χ4v) is 3.62. The molecule has 3 rings (SSSR count). The highest BCUT2D eigenvalue weighted by Gasteiger charge is 2.21. The van der Waals surface area contributed by atoms with Gasteiger partial charge in [0.05, 0.1) is 30.4 Å². The molecule has 2 atom stereocenters. The van der Waals surface area contributed by atoms with E-state index < -0.39 is 11.7 Å². The molecule has 0 unspecified atom stereocenters. The number of aromatic nitrogens is 3. The predicted molar refractivity (Wildman–Crippen MR) is 128 cm³/mol. The lowest BCUT2D eigenvalue weighted by Crippen LogP contribution is -2.39. The quantitative estimate of drug-likeness (QED) is 0.347. The van der Waals surface area contributed by atoms with Crippen molar-refractivity contribution < 1.29 is 13.9 Å². The van der Waals surface area contributed by atoms with Crippen LogP contribution in [-0.4, -0.2) is 46.5 Å². The number of fused-ring (bicyclic) bond motifs is 1. The lowest BCUT2D eigenvalue weighted by molar-refractivity contribution is 0.100. The predicted octanol–water partition coefficient (Wildman–Crippen LogP) is 3.23. The van der Waals surface area contributed by atoms with Crippen LogP contribution in [0, 0.1) is 11.7 Å². The van der Waals surface area contributed by atoms with Crippen molar-refractivity contribution >= 4 is 34.1 Å². The lowest BCUT2D eigenvalue weighted by atomic mass is 9.99. The van der Waals surface area contributed by atoms with E-state index >= 15 is 0 Å². The van der Waals surface area contributed by atoms with Crippen LogP contribution in [0.2, 0.25) is 0 Å². The second-order valence-electron chi connectivity index (χ2n) is 8.58. The average molecular weight is 458 g/mol. The smallest absolute Gasteiger partial charge is 0.252 e. The molecule has 9 nitrogen and oxygen atoms in total. The van der Waals surface area contributed by atoms with Crippen molar-refractivity contribution in [3.05, 3.63) is 41.8 Å². The molecular formula is C23H32FN7O2. The number of rotatable bonds is 11. The molecule has 2 aromatic heterocycles. The summed E-state index contributed by atoms with van der Waals surface area (Å²) < 4.78 is 21.7. The number of pyridine rings is 1. The van der Waals surface area contributed by atoms with Gasteiger partial charge in [0, 0.05) is 30.3 Å². The monoisotopic (exact) mass is 457 g/mol. The van der Waals surface area contributed by atoms with Crippen LogP contribution in [0.15, 0.2) is 30.5 Å². The van der Waals surface area contributed by atoms with Crippen LogP contribution in [0.3, 0.4) is 0 Å². The number of anilines is 3. The van der Waals surface area contributed by atoms with E-state index in [0.717, 1.165) is 23.4 Å². The van der Waals surface area contributed by atoms with Gasteiger partial charge >= 0.3 is 0 Å². The number of hydrogen-bond donors (Lipinski definition) is 4. The summed E-state index contributed by atoms with van der Waals surface area (Å²) in [6.07, 6.45) is 2.48. The molecule has 0 aliphatic rings. The average Bonchev–Trinajstić information content (AvgIpc) is 3.15. The van der Waals surface area contributed by atoms with E-state index in [2.05, 4.69) is 34.6 Å². The van der Waals surface area contributed by atoms with Gasteiger partial charge in [-0.1, -0.05) is 13.8 Å². The third kappa shape index (κ3) is 5.96. The van der Waals surface area contributed by atoms with Gasteiger partial charge in [0.1, 0.15) is 5.82 Å². The second-order valence-corrected chi connectivity index (χ2v) is 8.58. The topological polar surface area (TPSA) is 133 Å². The summed E-state index contributed by atoms with van der Waals surface area (Å²) in [6, 6.07) is 6.29. The van der Waals surface area contributed by atoms with Crippen molar-refractivity contribution in [1.29, 1.82) is 0 Å². The summed E-state index contributed by atoms with van der Waals surface area (Å²) >= 11 is 0. The van der Waals surface area contributed by atoms with Crippen molar-refractivity contribution in [3.8, 4) is 0 Å². The van der Waals surface area contributed by atoms with Crippen LogP contribution in [-0.2, 0) is 11.3 Å². The highest BCUT2D eigenvalue weighted by Crippen LogP contribution is 2.27. The van der Waals surface area contributed by atoms with Crippen molar-refractivity contribution in [2.75, 3.05) is 24.4 Å². The van der Waals surface area contributed by atoms with Gasteiger partial charge in [0.15, 0.2) is 11.6 Å². The van der Waals surface area contributed by atoms with E-state index in [0.29, 0.717) is 24.8 Å². The van der Waals surface area contributed by atoms with Gasteiger partial charge in [-0.15, -0.1) is 0 Å². The molecule has 10 heteroatoms. The molecule has 0 aliphatic carbocycles. The number of nitrogens with zero attached hydrogens (tertiary/aromatic N) is 3. The zero-order valence-corrected chi connectivity index (χ0v) is 19.4. The van der Waals surface area contributed by atoms with Crippen molar-refractivity contribution in [1.82, 2.24) is 14.8 Å². The Kier molecular flexibility index (Phi) is 7.83. The van der Waals surface area contributed by atoms with Crippen LogP contribution >= 0.6 is 0 Å². The SMILES string of the molecule is COCCn1ncc2cc(Nc3nc(N[C@H](CC(C)C)[C@H](C)N)c(F)cc3C(N)=O)ccc21. The van der Waals surface area contributed by atoms with Crippen LogP contribution in [0.1, 0.15) is 37.6 Å². The maximum absolute atomic E-state index is 14.8. The molecule has 2 heterocycles.